The van der Waals surface area contributed by atoms with Crippen molar-refractivity contribution in [2.75, 3.05) is 0 Å². The first-order valence-corrected chi connectivity index (χ1v) is 5.12. The number of rotatable bonds is 0. The van der Waals surface area contributed by atoms with Crippen molar-refractivity contribution >= 4 is 6.21 Å². The molecule has 3 rings (SSSR count). The van der Waals surface area contributed by atoms with Crippen LogP contribution in [0, 0.1) is 6.92 Å². The molecule has 0 spiro atoms. The summed E-state index contributed by atoms with van der Waals surface area (Å²) < 4.78 is 2.21. The van der Waals surface area contributed by atoms with Gasteiger partial charge in [0.2, 0.25) is 0 Å². The summed E-state index contributed by atoms with van der Waals surface area (Å²) in [7, 11) is 0. The maximum Gasteiger partial charge on any atom is 0.0661 e. The number of aryl methyl sites for hydroxylation is 1. The number of para-hydroxylation sites is 1. The molecule has 2 heterocycles. The summed E-state index contributed by atoms with van der Waals surface area (Å²) in [6.45, 7) is 2.92. The molecule has 1 aliphatic rings. The van der Waals surface area contributed by atoms with Gasteiger partial charge in [0.1, 0.15) is 0 Å². The van der Waals surface area contributed by atoms with Crippen molar-refractivity contribution < 1.29 is 0 Å². The van der Waals surface area contributed by atoms with Crippen LogP contribution < -0.4 is 0 Å². The van der Waals surface area contributed by atoms with Gasteiger partial charge in [-0.1, -0.05) is 18.2 Å². The van der Waals surface area contributed by atoms with Crippen molar-refractivity contribution in [3.8, 4) is 5.69 Å². The van der Waals surface area contributed by atoms with Crippen LogP contribution in [0.25, 0.3) is 5.69 Å². The Kier molecular flexibility index (Phi) is 1.75. The molecule has 1 aliphatic heterocycles. The van der Waals surface area contributed by atoms with E-state index in [9.17, 15) is 0 Å². The summed E-state index contributed by atoms with van der Waals surface area (Å²) in [6.07, 6.45) is 4.04. The Bertz CT molecular complexity index is 535. The van der Waals surface area contributed by atoms with E-state index in [1.165, 1.54) is 16.8 Å². The summed E-state index contributed by atoms with van der Waals surface area (Å²) in [5.41, 5.74) is 5.04. The van der Waals surface area contributed by atoms with Crippen molar-refractivity contribution in [3.05, 3.63) is 53.3 Å². The number of fused-ring (bicyclic) bond motifs is 3. The van der Waals surface area contributed by atoms with Crippen molar-refractivity contribution in [1.82, 2.24) is 4.57 Å². The minimum Gasteiger partial charge on any atom is -0.315 e. The van der Waals surface area contributed by atoms with Gasteiger partial charge in [0, 0.05) is 12.4 Å². The molecule has 2 heteroatoms. The zero-order valence-corrected chi connectivity index (χ0v) is 8.64. The molecule has 0 fully saturated rings. The number of hydrogen-bond acceptors (Lipinski definition) is 1. The first-order chi connectivity index (χ1) is 7.36. The Hall–Kier alpha value is -1.83. The third-order valence-electron chi connectivity index (χ3n) is 2.83. The summed E-state index contributed by atoms with van der Waals surface area (Å²) in [4.78, 5) is 4.42. The second-order valence-electron chi connectivity index (χ2n) is 3.86. The molecule has 2 nitrogen and oxygen atoms in total. The van der Waals surface area contributed by atoms with Gasteiger partial charge in [-0.3, -0.25) is 4.99 Å². The number of hydrogen-bond donors (Lipinski definition) is 0. The monoisotopic (exact) mass is 196 g/mol. The first-order valence-electron chi connectivity index (χ1n) is 5.12. The van der Waals surface area contributed by atoms with Crippen molar-refractivity contribution in [2.45, 2.75) is 13.5 Å². The summed E-state index contributed by atoms with van der Waals surface area (Å²) >= 11 is 0. The minimum atomic E-state index is 0.776. The maximum atomic E-state index is 4.42. The van der Waals surface area contributed by atoms with Crippen LogP contribution in [0.2, 0.25) is 0 Å². The molecule has 0 bridgehead atoms. The quantitative estimate of drug-likeness (QED) is 0.616. The van der Waals surface area contributed by atoms with E-state index in [1.54, 1.807) is 0 Å². The van der Waals surface area contributed by atoms with E-state index in [0.717, 1.165) is 12.2 Å². The average Bonchev–Trinajstić information content (AvgIpc) is 2.60. The van der Waals surface area contributed by atoms with E-state index in [0.29, 0.717) is 0 Å². The molecule has 0 unspecified atom stereocenters. The largest absolute Gasteiger partial charge is 0.315 e. The Labute approximate surface area is 88.9 Å². The van der Waals surface area contributed by atoms with Gasteiger partial charge in [-0.15, -0.1) is 0 Å². The number of aliphatic imine (C=N–C) groups is 1. The highest BCUT2D eigenvalue weighted by Crippen LogP contribution is 2.23. The second-order valence-corrected chi connectivity index (χ2v) is 3.86. The fourth-order valence-corrected chi connectivity index (χ4v) is 2.13. The van der Waals surface area contributed by atoms with Gasteiger partial charge < -0.3 is 4.57 Å². The molecule has 0 saturated heterocycles. The van der Waals surface area contributed by atoms with E-state index in [2.05, 4.69) is 53.0 Å². The summed E-state index contributed by atoms with van der Waals surface area (Å²) in [5.74, 6) is 0. The van der Waals surface area contributed by atoms with Gasteiger partial charge in [-0.05, 0) is 30.2 Å². The third-order valence-corrected chi connectivity index (χ3v) is 2.83. The molecule has 74 valence electrons. The zero-order chi connectivity index (χ0) is 10.3. The lowest BCUT2D eigenvalue weighted by molar-refractivity contribution is 1.00. The highest BCUT2D eigenvalue weighted by molar-refractivity contribution is 5.80. The molecule has 1 aromatic heterocycles. The highest BCUT2D eigenvalue weighted by atomic mass is 15.0. The number of aromatic nitrogens is 1. The fourth-order valence-electron chi connectivity index (χ4n) is 2.13. The van der Waals surface area contributed by atoms with Crippen molar-refractivity contribution in [1.29, 1.82) is 0 Å². The predicted molar refractivity (Wildman–Crippen MR) is 61.8 cm³/mol. The lowest BCUT2D eigenvalue weighted by Crippen LogP contribution is -2.01. The molecular formula is C13H12N2. The SMILES string of the molecule is Cc1cccc2c1-n1cccc1C=NC2. The molecule has 0 atom stereocenters. The zero-order valence-electron chi connectivity index (χ0n) is 8.64. The number of benzene rings is 1. The fraction of sp³-hybridized carbons (Fsp3) is 0.154. The van der Waals surface area contributed by atoms with E-state index in [1.807, 2.05) is 6.21 Å². The predicted octanol–water partition coefficient (Wildman–Crippen LogP) is 2.72. The van der Waals surface area contributed by atoms with Crippen LogP contribution >= 0.6 is 0 Å². The van der Waals surface area contributed by atoms with E-state index in [-0.39, 0.29) is 0 Å². The maximum absolute atomic E-state index is 4.42. The van der Waals surface area contributed by atoms with E-state index in [4.69, 9.17) is 0 Å². The van der Waals surface area contributed by atoms with Gasteiger partial charge >= 0.3 is 0 Å². The second kappa shape index (κ2) is 3.09. The number of nitrogens with zero attached hydrogens (tertiary/aromatic N) is 2. The Balaban J connectivity index is 2.37. The average molecular weight is 196 g/mol. The molecule has 0 radical (unpaired) electrons. The van der Waals surface area contributed by atoms with Crippen LogP contribution in [0.1, 0.15) is 16.8 Å². The minimum absolute atomic E-state index is 0.776. The van der Waals surface area contributed by atoms with E-state index >= 15 is 0 Å². The van der Waals surface area contributed by atoms with Crippen molar-refractivity contribution in [3.63, 3.8) is 0 Å². The van der Waals surface area contributed by atoms with Crippen LogP contribution in [0.5, 0.6) is 0 Å². The van der Waals surface area contributed by atoms with Crippen LogP contribution in [0.3, 0.4) is 0 Å². The van der Waals surface area contributed by atoms with Crippen LogP contribution in [-0.2, 0) is 6.54 Å². The van der Waals surface area contributed by atoms with Gasteiger partial charge in [0.25, 0.3) is 0 Å². The molecule has 0 amide bonds. The molecule has 0 aliphatic carbocycles. The summed E-state index contributed by atoms with van der Waals surface area (Å²) in [5, 5.41) is 0. The molecule has 0 N–H and O–H groups in total. The van der Waals surface area contributed by atoms with Crippen LogP contribution in [-0.4, -0.2) is 10.8 Å². The van der Waals surface area contributed by atoms with Gasteiger partial charge in [-0.25, -0.2) is 0 Å². The normalized spacial score (nSPS) is 13.1. The molecule has 0 saturated carbocycles. The molecular weight excluding hydrogens is 184 g/mol. The molecule has 2 aromatic rings. The Morgan fingerprint density at radius 2 is 2.13 bits per heavy atom. The Morgan fingerprint density at radius 1 is 1.20 bits per heavy atom. The Morgan fingerprint density at radius 3 is 3.07 bits per heavy atom. The van der Waals surface area contributed by atoms with Crippen LogP contribution in [0.4, 0.5) is 0 Å². The first kappa shape index (κ1) is 8.48. The smallest absolute Gasteiger partial charge is 0.0661 e. The topological polar surface area (TPSA) is 17.3 Å². The third kappa shape index (κ3) is 1.22. The van der Waals surface area contributed by atoms with Gasteiger partial charge in [0.05, 0.1) is 17.9 Å². The standard InChI is InChI=1S/C13H12N2/c1-10-4-2-5-11-8-14-9-12-6-3-7-15(12)13(10)11/h2-7,9H,8H2,1H3. The van der Waals surface area contributed by atoms with Crippen LogP contribution in [0.15, 0.2) is 41.5 Å². The lowest BCUT2D eigenvalue weighted by Gasteiger charge is -2.12. The lowest BCUT2D eigenvalue weighted by atomic mass is 10.1. The van der Waals surface area contributed by atoms with Crippen molar-refractivity contribution in [2.24, 2.45) is 4.99 Å². The van der Waals surface area contributed by atoms with Gasteiger partial charge in [0.15, 0.2) is 0 Å². The summed E-state index contributed by atoms with van der Waals surface area (Å²) in [6, 6.07) is 10.5. The van der Waals surface area contributed by atoms with E-state index < -0.39 is 0 Å². The molecule has 1 aromatic carbocycles. The van der Waals surface area contributed by atoms with Gasteiger partial charge in [-0.2, -0.15) is 0 Å². The molecule has 15 heavy (non-hydrogen) atoms. The highest BCUT2D eigenvalue weighted by Gasteiger charge is 2.11.